The summed E-state index contributed by atoms with van der Waals surface area (Å²) >= 11 is 0. The second-order valence-corrected chi connectivity index (χ2v) is 3.71. The number of carbonyl (C=O) groups excluding carboxylic acids is 1. The minimum Gasteiger partial charge on any atom is -0.464 e. The lowest BCUT2D eigenvalue weighted by Crippen LogP contribution is -2.06. The number of hydrogen-bond donors (Lipinski definition) is 1. The van der Waals surface area contributed by atoms with Gasteiger partial charge in [-0.15, -0.1) is 0 Å². The molecule has 0 amide bonds. The van der Waals surface area contributed by atoms with Crippen LogP contribution in [-0.4, -0.2) is 27.6 Å². The first-order chi connectivity index (χ1) is 8.26. The van der Waals surface area contributed by atoms with Gasteiger partial charge in [-0.1, -0.05) is 6.92 Å². The molecular weight excluding hydrogens is 218 g/mol. The van der Waals surface area contributed by atoms with E-state index in [4.69, 9.17) is 4.74 Å². The number of H-pyrrole nitrogens is 1. The van der Waals surface area contributed by atoms with E-state index in [2.05, 4.69) is 16.9 Å². The Morgan fingerprint density at radius 3 is 2.76 bits per heavy atom. The van der Waals surface area contributed by atoms with Gasteiger partial charge in [0.05, 0.1) is 7.11 Å². The molecule has 0 spiro atoms. The number of carbonyl (C=O) groups is 1. The van der Waals surface area contributed by atoms with Crippen molar-refractivity contribution in [3.05, 3.63) is 36.0 Å². The van der Waals surface area contributed by atoms with Gasteiger partial charge in [-0.25, -0.2) is 9.78 Å². The van der Waals surface area contributed by atoms with E-state index in [0.29, 0.717) is 11.5 Å². The first kappa shape index (κ1) is 11.4. The smallest absolute Gasteiger partial charge is 0.358 e. The molecule has 2 aromatic rings. The zero-order valence-electron chi connectivity index (χ0n) is 9.93. The number of imidazole rings is 1. The highest BCUT2D eigenvalue weighted by molar-refractivity contribution is 5.90. The first-order valence-corrected chi connectivity index (χ1v) is 5.56. The van der Waals surface area contributed by atoms with Gasteiger partial charge >= 0.3 is 5.97 Å². The summed E-state index contributed by atoms with van der Waals surface area (Å²) in [6, 6.07) is 3.77. The number of esters is 1. The van der Waals surface area contributed by atoms with E-state index >= 15 is 0 Å². The Morgan fingerprint density at radius 2 is 2.18 bits per heavy atom. The maximum absolute atomic E-state index is 11.6. The van der Waals surface area contributed by atoms with Crippen LogP contribution in [0.1, 0.15) is 29.7 Å². The van der Waals surface area contributed by atoms with Crippen LogP contribution in [0.4, 0.5) is 0 Å². The molecule has 0 radical (unpaired) electrons. The van der Waals surface area contributed by atoms with E-state index in [1.54, 1.807) is 4.57 Å². The molecular formula is C12H15N3O2. The van der Waals surface area contributed by atoms with Crippen molar-refractivity contribution in [1.82, 2.24) is 14.5 Å². The van der Waals surface area contributed by atoms with Crippen molar-refractivity contribution in [3.63, 3.8) is 0 Å². The van der Waals surface area contributed by atoms with E-state index in [0.717, 1.165) is 18.7 Å². The van der Waals surface area contributed by atoms with Crippen LogP contribution in [0.5, 0.6) is 0 Å². The summed E-state index contributed by atoms with van der Waals surface area (Å²) in [4.78, 5) is 19.1. The molecule has 5 nitrogen and oxygen atoms in total. The van der Waals surface area contributed by atoms with Gasteiger partial charge in [0.25, 0.3) is 0 Å². The summed E-state index contributed by atoms with van der Waals surface area (Å²) in [6.07, 6.45) is 5.47. The topological polar surface area (TPSA) is 59.9 Å². The lowest BCUT2D eigenvalue weighted by atomic mass is 10.3. The maximum atomic E-state index is 11.6. The van der Waals surface area contributed by atoms with Crippen molar-refractivity contribution in [2.45, 2.75) is 19.8 Å². The molecule has 0 aliphatic heterocycles. The zero-order chi connectivity index (χ0) is 12.3. The molecule has 0 bridgehead atoms. The standard InChI is InChI=1S/C12H15N3O2/c1-3-6-9-13-10(12(16)17-2)11(14-9)15-7-4-5-8-15/h4-5,7-8H,3,6H2,1-2H3,(H,13,14). The molecule has 0 atom stereocenters. The Morgan fingerprint density at radius 1 is 1.47 bits per heavy atom. The summed E-state index contributed by atoms with van der Waals surface area (Å²) in [5, 5.41) is 0. The summed E-state index contributed by atoms with van der Waals surface area (Å²) in [5.74, 6) is 0.991. The number of rotatable bonds is 4. The molecule has 1 N–H and O–H groups in total. The molecule has 2 rings (SSSR count). The minimum absolute atomic E-state index is 0.396. The molecule has 17 heavy (non-hydrogen) atoms. The summed E-state index contributed by atoms with van der Waals surface area (Å²) in [6.45, 7) is 2.07. The quantitative estimate of drug-likeness (QED) is 0.821. The third-order valence-electron chi connectivity index (χ3n) is 2.46. The molecule has 0 aliphatic carbocycles. The van der Waals surface area contributed by atoms with Crippen molar-refractivity contribution in [2.24, 2.45) is 0 Å². The van der Waals surface area contributed by atoms with Gasteiger partial charge in [-0.3, -0.25) is 0 Å². The molecule has 0 fully saturated rings. The number of nitrogens with one attached hydrogen (secondary N) is 1. The molecule has 0 saturated heterocycles. The van der Waals surface area contributed by atoms with Crippen molar-refractivity contribution >= 4 is 5.97 Å². The average molecular weight is 233 g/mol. The van der Waals surface area contributed by atoms with E-state index in [-0.39, 0.29) is 0 Å². The van der Waals surface area contributed by atoms with E-state index in [1.807, 2.05) is 24.5 Å². The summed E-state index contributed by atoms with van der Waals surface area (Å²) in [5.41, 5.74) is 0.396. The lowest BCUT2D eigenvalue weighted by Gasteiger charge is -2.00. The molecule has 5 heteroatoms. The molecule has 2 heterocycles. The van der Waals surface area contributed by atoms with Gasteiger partial charge in [0.2, 0.25) is 0 Å². The fourth-order valence-corrected chi connectivity index (χ4v) is 1.67. The average Bonchev–Trinajstić information content (AvgIpc) is 2.96. The van der Waals surface area contributed by atoms with Crippen molar-refractivity contribution in [1.29, 1.82) is 0 Å². The number of aromatic nitrogens is 3. The van der Waals surface area contributed by atoms with Crippen molar-refractivity contribution in [2.75, 3.05) is 7.11 Å². The number of ether oxygens (including phenoxy) is 1. The highest BCUT2D eigenvalue weighted by Crippen LogP contribution is 2.14. The van der Waals surface area contributed by atoms with Crippen LogP contribution < -0.4 is 0 Å². The van der Waals surface area contributed by atoms with Gasteiger partial charge in [-0.2, -0.15) is 0 Å². The normalized spacial score (nSPS) is 10.5. The number of hydrogen-bond acceptors (Lipinski definition) is 3. The number of aryl methyl sites for hydroxylation is 1. The lowest BCUT2D eigenvalue weighted by molar-refractivity contribution is 0.0594. The molecule has 0 aliphatic rings. The molecule has 2 aromatic heterocycles. The Kier molecular flexibility index (Phi) is 3.27. The Hall–Kier alpha value is -2.04. The van der Waals surface area contributed by atoms with Crippen LogP contribution in [0.15, 0.2) is 24.5 Å². The zero-order valence-corrected chi connectivity index (χ0v) is 9.93. The highest BCUT2D eigenvalue weighted by Gasteiger charge is 2.18. The van der Waals surface area contributed by atoms with Gasteiger partial charge in [0, 0.05) is 18.8 Å². The van der Waals surface area contributed by atoms with Gasteiger partial charge in [-0.05, 0) is 18.6 Å². The number of methoxy groups -OCH3 is 1. The largest absolute Gasteiger partial charge is 0.464 e. The van der Waals surface area contributed by atoms with Crippen LogP contribution in [0.3, 0.4) is 0 Å². The minimum atomic E-state index is -0.399. The van der Waals surface area contributed by atoms with E-state index < -0.39 is 5.97 Å². The van der Waals surface area contributed by atoms with Crippen LogP contribution in [0.2, 0.25) is 0 Å². The highest BCUT2D eigenvalue weighted by atomic mass is 16.5. The molecule has 0 saturated carbocycles. The van der Waals surface area contributed by atoms with Gasteiger partial charge in [0.15, 0.2) is 11.5 Å². The third-order valence-corrected chi connectivity index (χ3v) is 2.46. The van der Waals surface area contributed by atoms with Crippen molar-refractivity contribution in [3.8, 4) is 5.82 Å². The maximum Gasteiger partial charge on any atom is 0.358 e. The van der Waals surface area contributed by atoms with Crippen molar-refractivity contribution < 1.29 is 9.53 Å². The second kappa shape index (κ2) is 4.86. The van der Waals surface area contributed by atoms with Crippen LogP contribution >= 0.6 is 0 Å². The third kappa shape index (κ3) is 2.22. The van der Waals surface area contributed by atoms with Gasteiger partial charge in [0.1, 0.15) is 5.82 Å². The Balaban J connectivity index is 2.44. The van der Waals surface area contributed by atoms with Crippen LogP contribution in [0.25, 0.3) is 5.82 Å². The second-order valence-electron chi connectivity index (χ2n) is 3.71. The summed E-state index contributed by atoms with van der Waals surface area (Å²) in [7, 11) is 1.36. The monoisotopic (exact) mass is 233 g/mol. The first-order valence-electron chi connectivity index (χ1n) is 5.56. The fraction of sp³-hybridized carbons (Fsp3) is 0.333. The predicted octanol–water partition coefficient (Wildman–Crippen LogP) is 1.94. The fourth-order valence-electron chi connectivity index (χ4n) is 1.67. The van der Waals surface area contributed by atoms with Gasteiger partial charge < -0.3 is 14.3 Å². The summed E-state index contributed by atoms with van der Waals surface area (Å²) < 4.78 is 6.54. The molecule has 90 valence electrons. The SMILES string of the molecule is CCCc1nc(-n2cccc2)c(C(=O)OC)[nH]1. The predicted molar refractivity (Wildman–Crippen MR) is 63.2 cm³/mol. The molecule has 0 aromatic carbocycles. The van der Waals surface area contributed by atoms with E-state index in [1.165, 1.54) is 7.11 Å². The number of aromatic amines is 1. The molecule has 0 unspecified atom stereocenters. The van der Waals surface area contributed by atoms with Crippen LogP contribution in [-0.2, 0) is 11.2 Å². The Labute approximate surface area is 99.4 Å². The Bertz CT molecular complexity index is 500. The van der Waals surface area contributed by atoms with E-state index in [9.17, 15) is 4.79 Å². The van der Waals surface area contributed by atoms with Crippen LogP contribution in [0, 0.1) is 0 Å². The number of nitrogens with zero attached hydrogens (tertiary/aromatic N) is 2.